The van der Waals surface area contributed by atoms with Crippen LogP contribution in [0.4, 0.5) is 0 Å². The Morgan fingerprint density at radius 3 is 2.59 bits per heavy atom. The van der Waals surface area contributed by atoms with Crippen LogP contribution in [0.2, 0.25) is 0 Å². The van der Waals surface area contributed by atoms with Crippen molar-refractivity contribution in [3.8, 4) is 5.75 Å². The standard InChI is InChI=1S/C13H14O3S/c1-10-2-4-11(5-3-10)16-12-6-8-13(9-7-12)17(14)15/h2-4,6-9,11H,5H2,1H3,(H,14,15)/p-1. The van der Waals surface area contributed by atoms with Crippen molar-refractivity contribution in [2.45, 2.75) is 24.3 Å². The van der Waals surface area contributed by atoms with Crippen molar-refractivity contribution in [3.05, 3.63) is 48.1 Å². The van der Waals surface area contributed by atoms with Gasteiger partial charge in [-0.15, -0.1) is 0 Å². The molecule has 17 heavy (non-hydrogen) atoms. The maximum Gasteiger partial charge on any atom is 0.121 e. The molecule has 0 spiro atoms. The minimum absolute atomic E-state index is 0.0299. The third-order valence-corrected chi connectivity index (χ3v) is 3.21. The molecule has 0 amide bonds. The number of benzene rings is 1. The first-order chi connectivity index (χ1) is 8.15. The van der Waals surface area contributed by atoms with Crippen LogP contribution in [0.15, 0.2) is 53.0 Å². The second kappa shape index (κ2) is 5.29. The molecule has 3 nitrogen and oxygen atoms in total. The largest absolute Gasteiger partial charge is 0.768 e. The Labute approximate surface area is 103 Å². The summed E-state index contributed by atoms with van der Waals surface area (Å²) >= 11 is -2.18. The van der Waals surface area contributed by atoms with Gasteiger partial charge in [0.15, 0.2) is 0 Å². The van der Waals surface area contributed by atoms with Crippen LogP contribution in [0.25, 0.3) is 0 Å². The zero-order valence-electron chi connectivity index (χ0n) is 9.46. The van der Waals surface area contributed by atoms with Crippen molar-refractivity contribution in [1.29, 1.82) is 0 Å². The molecule has 0 aromatic heterocycles. The third kappa shape index (κ3) is 3.28. The van der Waals surface area contributed by atoms with Crippen LogP contribution in [0.5, 0.6) is 5.75 Å². The van der Waals surface area contributed by atoms with Crippen LogP contribution >= 0.6 is 0 Å². The van der Waals surface area contributed by atoms with Gasteiger partial charge in [0, 0.05) is 11.3 Å². The fourth-order valence-corrected chi connectivity index (χ4v) is 1.96. The van der Waals surface area contributed by atoms with Gasteiger partial charge in [-0.2, -0.15) is 0 Å². The number of hydrogen-bond donors (Lipinski definition) is 0. The van der Waals surface area contributed by atoms with E-state index >= 15 is 0 Å². The Kier molecular flexibility index (Phi) is 3.76. The smallest absolute Gasteiger partial charge is 0.121 e. The predicted molar refractivity (Wildman–Crippen MR) is 65.6 cm³/mol. The first-order valence-corrected chi connectivity index (χ1v) is 6.43. The lowest BCUT2D eigenvalue weighted by Gasteiger charge is -2.17. The van der Waals surface area contributed by atoms with Crippen LogP contribution in [0.3, 0.4) is 0 Å². The maximum absolute atomic E-state index is 10.7. The highest BCUT2D eigenvalue weighted by Gasteiger charge is 2.08. The molecule has 2 unspecified atom stereocenters. The molecular formula is C13H13O3S-. The van der Waals surface area contributed by atoms with E-state index in [2.05, 4.69) is 6.08 Å². The summed E-state index contributed by atoms with van der Waals surface area (Å²) in [6.45, 7) is 2.05. The van der Waals surface area contributed by atoms with Crippen molar-refractivity contribution in [3.63, 3.8) is 0 Å². The molecule has 0 heterocycles. The van der Waals surface area contributed by atoms with E-state index in [0.717, 1.165) is 6.42 Å². The summed E-state index contributed by atoms with van der Waals surface area (Å²) in [7, 11) is 0. The lowest BCUT2D eigenvalue weighted by atomic mass is 10.1. The summed E-state index contributed by atoms with van der Waals surface area (Å²) in [5.41, 5.74) is 1.24. The normalized spacial score (nSPS) is 20.8. The molecule has 1 aliphatic rings. The zero-order valence-corrected chi connectivity index (χ0v) is 10.3. The van der Waals surface area contributed by atoms with Crippen molar-refractivity contribution < 1.29 is 13.5 Å². The molecule has 0 aliphatic heterocycles. The molecule has 0 fully saturated rings. The Hall–Kier alpha value is -1.39. The second-order valence-corrected chi connectivity index (χ2v) is 4.85. The van der Waals surface area contributed by atoms with Gasteiger partial charge < -0.3 is 9.29 Å². The molecule has 0 saturated heterocycles. The summed E-state index contributed by atoms with van der Waals surface area (Å²) in [4.78, 5) is 0.271. The highest BCUT2D eigenvalue weighted by Crippen LogP contribution is 2.19. The van der Waals surface area contributed by atoms with Gasteiger partial charge in [-0.3, -0.25) is 4.21 Å². The molecule has 1 aromatic carbocycles. The van der Waals surface area contributed by atoms with E-state index in [1.54, 1.807) is 12.1 Å². The van der Waals surface area contributed by atoms with Crippen molar-refractivity contribution in [2.75, 3.05) is 0 Å². The minimum atomic E-state index is -2.18. The van der Waals surface area contributed by atoms with Crippen molar-refractivity contribution >= 4 is 11.1 Å². The summed E-state index contributed by atoms with van der Waals surface area (Å²) < 4.78 is 27.1. The summed E-state index contributed by atoms with van der Waals surface area (Å²) in [6.07, 6.45) is 7.02. The molecule has 4 heteroatoms. The van der Waals surface area contributed by atoms with Gasteiger partial charge in [0.25, 0.3) is 0 Å². The van der Waals surface area contributed by atoms with Gasteiger partial charge in [-0.25, -0.2) is 0 Å². The van der Waals surface area contributed by atoms with E-state index < -0.39 is 11.1 Å². The van der Waals surface area contributed by atoms with E-state index in [9.17, 15) is 8.76 Å². The number of rotatable bonds is 3. The quantitative estimate of drug-likeness (QED) is 0.774. The van der Waals surface area contributed by atoms with Crippen LogP contribution in [-0.4, -0.2) is 14.9 Å². The first-order valence-electron chi connectivity index (χ1n) is 5.36. The average Bonchev–Trinajstić information content (AvgIpc) is 2.33. The molecule has 0 bridgehead atoms. The summed E-state index contributed by atoms with van der Waals surface area (Å²) in [5, 5.41) is 0. The fraction of sp³-hybridized carbons (Fsp3) is 0.231. The van der Waals surface area contributed by atoms with Crippen LogP contribution in [-0.2, 0) is 11.1 Å². The monoisotopic (exact) mass is 249 g/mol. The average molecular weight is 249 g/mol. The van der Waals surface area contributed by atoms with E-state index in [-0.39, 0.29) is 11.0 Å². The third-order valence-electron chi connectivity index (χ3n) is 2.55. The van der Waals surface area contributed by atoms with E-state index in [1.807, 2.05) is 19.1 Å². The van der Waals surface area contributed by atoms with Gasteiger partial charge in [0.05, 0.1) is 0 Å². The van der Waals surface area contributed by atoms with Crippen LogP contribution in [0.1, 0.15) is 13.3 Å². The molecule has 1 aromatic rings. The molecule has 90 valence electrons. The summed E-state index contributed by atoms with van der Waals surface area (Å²) in [6, 6.07) is 6.41. The predicted octanol–water partition coefficient (Wildman–Crippen LogP) is 2.58. The maximum atomic E-state index is 10.7. The molecule has 0 saturated carbocycles. The van der Waals surface area contributed by atoms with Gasteiger partial charge in [-0.1, -0.05) is 17.7 Å². The molecule has 0 N–H and O–H groups in total. The van der Waals surface area contributed by atoms with Crippen LogP contribution < -0.4 is 4.74 Å². The molecule has 2 rings (SSSR count). The Bertz CT molecular complexity index is 474. The highest BCUT2D eigenvalue weighted by atomic mass is 32.2. The number of allylic oxidation sites excluding steroid dienone is 2. The SMILES string of the molecule is CC1=CCC(Oc2ccc(S(=O)[O-])cc2)C=C1. The first kappa shape index (κ1) is 12.1. The second-order valence-electron chi connectivity index (χ2n) is 3.91. The summed E-state index contributed by atoms with van der Waals surface area (Å²) in [5.74, 6) is 0.682. The molecule has 2 atom stereocenters. The van der Waals surface area contributed by atoms with E-state index in [1.165, 1.54) is 17.7 Å². The van der Waals surface area contributed by atoms with Crippen molar-refractivity contribution in [2.24, 2.45) is 0 Å². The lowest BCUT2D eigenvalue weighted by molar-refractivity contribution is 0.251. The zero-order chi connectivity index (χ0) is 12.3. The van der Waals surface area contributed by atoms with E-state index in [0.29, 0.717) is 5.75 Å². The minimum Gasteiger partial charge on any atom is -0.768 e. The number of ether oxygens (including phenoxy) is 1. The Morgan fingerprint density at radius 2 is 2.06 bits per heavy atom. The lowest BCUT2D eigenvalue weighted by Crippen LogP contribution is -2.14. The Balaban J connectivity index is 2.00. The number of hydrogen-bond acceptors (Lipinski definition) is 3. The highest BCUT2D eigenvalue weighted by molar-refractivity contribution is 7.79. The van der Waals surface area contributed by atoms with Gasteiger partial charge in [0.2, 0.25) is 0 Å². The molecule has 0 radical (unpaired) electrons. The van der Waals surface area contributed by atoms with Crippen LogP contribution in [0, 0.1) is 0 Å². The topological polar surface area (TPSA) is 49.4 Å². The Morgan fingerprint density at radius 1 is 1.35 bits per heavy atom. The van der Waals surface area contributed by atoms with Gasteiger partial charge in [0.1, 0.15) is 11.9 Å². The van der Waals surface area contributed by atoms with Gasteiger partial charge >= 0.3 is 0 Å². The molecular weight excluding hydrogens is 236 g/mol. The fourth-order valence-electron chi connectivity index (χ4n) is 1.60. The van der Waals surface area contributed by atoms with E-state index in [4.69, 9.17) is 4.74 Å². The van der Waals surface area contributed by atoms with Crippen molar-refractivity contribution in [1.82, 2.24) is 0 Å². The molecule has 1 aliphatic carbocycles. The van der Waals surface area contributed by atoms with Gasteiger partial charge in [-0.05, 0) is 48.3 Å².